The average Bonchev–Trinajstić information content (AvgIpc) is 3.14. The van der Waals surface area contributed by atoms with E-state index in [2.05, 4.69) is 15.1 Å². The Balaban J connectivity index is 1.62. The Morgan fingerprint density at radius 2 is 2.04 bits per heavy atom. The number of aromatic nitrogens is 2. The molecule has 1 aliphatic heterocycles. The number of para-hydroxylation sites is 1. The molecule has 24 heavy (non-hydrogen) atoms. The van der Waals surface area contributed by atoms with Crippen LogP contribution in [-0.4, -0.2) is 38.7 Å². The van der Waals surface area contributed by atoms with Crippen LogP contribution >= 0.6 is 11.3 Å². The number of amidine groups is 1. The maximum absolute atomic E-state index is 10.3. The van der Waals surface area contributed by atoms with E-state index in [9.17, 15) is 5.11 Å². The van der Waals surface area contributed by atoms with E-state index < -0.39 is 0 Å². The third-order valence-corrected chi connectivity index (χ3v) is 4.66. The molecule has 0 unspecified atom stereocenters. The standard InChI is InChI=1S/C17H13N5OS/c18-16-15(17-21-12-6-1-2-7-14(12)24-17)13(23)10-22(16)20-9-11-5-3-4-8-19-11/h1-9,18,23H,10H2/b18-16?,20-9+. The molecule has 0 fully saturated rings. The molecule has 3 heterocycles. The largest absolute Gasteiger partial charge is 0.509 e. The van der Waals surface area contributed by atoms with E-state index in [1.165, 1.54) is 16.3 Å². The van der Waals surface area contributed by atoms with Crippen molar-refractivity contribution in [3.05, 3.63) is 65.1 Å². The molecular formula is C17H13N5OS. The Labute approximate surface area is 141 Å². The number of thiazole rings is 1. The topological polar surface area (TPSA) is 85.5 Å². The van der Waals surface area contributed by atoms with Crippen molar-refractivity contribution in [2.45, 2.75) is 0 Å². The van der Waals surface area contributed by atoms with Gasteiger partial charge < -0.3 is 5.11 Å². The highest BCUT2D eigenvalue weighted by molar-refractivity contribution is 7.19. The summed E-state index contributed by atoms with van der Waals surface area (Å²) in [7, 11) is 0. The summed E-state index contributed by atoms with van der Waals surface area (Å²) in [4.78, 5) is 8.67. The van der Waals surface area contributed by atoms with Crippen molar-refractivity contribution >= 4 is 39.2 Å². The minimum absolute atomic E-state index is 0.109. The van der Waals surface area contributed by atoms with Gasteiger partial charge >= 0.3 is 0 Å². The van der Waals surface area contributed by atoms with Gasteiger partial charge in [-0.15, -0.1) is 11.3 Å². The molecule has 0 radical (unpaired) electrons. The van der Waals surface area contributed by atoms with Gasteiger partial charge in [0.1, 0.15) is 17.3 Å². The quantitative estimate of drug-likeness (QED) is 0.719. The zero-order valence-corrected chi connectivity index (χ0v) is 13.4. The lowest BCUT2D eigenvalue weighted by molar-refractivity contribution is 0.358. The van der Waals surface area contributed by atoms with E-state index in [0.717, 1.165) is 10.2 Å². The summed E-state index contributed by atoms with van der Waals surface area (Å²) in [6.07, 6.45) is 3.25. The van der Waals surface area contributed by atoms with Gasteiger partial charge in [-0.2, -0.15) is 5.10 Å². The molecule has 0 amide bonds. The molecule has 4 rings (SSSR count). The van der Waals surface area contributed by atoms with Gasteiger partial charge in [0.25, 0.3) is 0 Å². The van der Waals surface area contributed by atoms with Gasteiger partial charge in [-0.25, -0.2) is 9.99 Å². The smallest absolute Gasteiger partial charge is 0.155 e. The predicted molar refractivity (Wildman–Crippen MR) is 95.4 cm³/mol. The summed E-state index contributed by atoms with van der Waals surface area (Å²) in [5.74, 6) is 0.246. The molecule has 0 bridgehead atoms. The van der Waals surface area contributed by atoms with Gasteiger partial charge in [-0.1, -0.05) is 18.2 Å². The number of hydrogen-bond acceptors (Lipinski definition) is 6. The Bertz CT molecular complexity index is 944. The average molecular weight is 335 g/mol. The first kappa shape index (κ1) is 14.5. The molecule has 1 aromatic carbocycles. The van der Waals surface area contributed by atoms with Crippen LogP contribution in [0.4, 0.5) is 0 Å². The number of rotatable bonds is 3. The molecule has 7 heteroatoms. The van der Waals surface area contributed by atoms with Gasteiger partial charge in [0, 0.05) is 6.20 Å². The SMILES string of the molecule is N=C1C(c2nc3ccccc3s2)=C(O)CN1/N=C/c1ccccn1. The lowest BCUT2D eigenvalue weighted by Gasteiger charge is -2.10. The van der Waals surface area contributed by atoms with Crippen LogP contribution in [0.2, 0.25) is 0 Å². The second-order valence-electron chi connectivity index (χ2n) is 5.21. The number of nitrogens with one attached hydrogen (secondary N) is 1. The zero-order chi connectivity index (χ0) is 16.5. The number of hydrazone groups is 1. The molecule has 2 N–H and O–H groups in total. The van der Waals surface area contributed by atoms with Gasteiger partial charge in [-0.05, 0) is 24.3 Å². The van der Waals surface area contributed by atoms with Crippen LogP contribution in [0, 0.1) is 5.41 Å². The summed E-state index contributed by atoms with van der Waals surface area (Å²) in [6, 6.07) is 13.3. The fraction of sp³-hybridized carbons (Fsp3) is 0.0588. The fourth-order valence-corrected chi connectivity index (χ4v) is 3.48. The lowest BCUT2D eigenvalue weighted by Crippen LogP contribution is -2.20. The number of aliphatic hydroxyl groups is 1. The van der Waals surface area contributed by atoms with Crippen LogP contribution in [0.1, 0.15) is 10.7 Å². The molecule has 1 aliphatic rings. The van der Waals surface area contributed by atoms with Crippen molar-refractivity contribution in [3.8, 4) is 0 Å². The second-order valence-corrected chi connectivity index (χ2v) is 6.24. The molecule has 0 spiro atoms. The van der Waals surface area contributed by atoms with Gasteiger partial charge in [0.05, 0.1) is 27.7 Å². The fourth-order valence-electron chi connectivity index (χ4n) is 2.45. The minimum Gasteiger partial charge on any atom is -0.509 e. The number of benzene rings is 1. The van der Waals surface area contributed by atoms with Crippen LogP contribution < -0.4 is 0 Å². The summed E-state index contributed by atoms with van der Waals surface area (Å²) in [5, 5.41) is 24.9. The monoisotopic (exact) mass is 335 g/mol. The molecule has 3 aromatic rings. The third-order valence-electron chi connectivity index (χ3n) is 3.61. The number of fused-ring (bicyclic) bond motifs is 1. The van der Waals surface area contributed by atoms with E-state index in [-0.39, 0.29) is 18.1 Å². The number of aliphatic hydroxyl groups excluding tert-OH is 1. The molecular weight excluding hydrogens is 322 g/mol. The summed E-state index contributed by atoms with van der Waals surface area (Å²) in [5.41, 5.74) is 1.99. The van der Waals surface area contributed by atoms with Gasteiger partial charge in [-0.3, -0.25) is 10.4 Å². The van der Waals surface area contributed by atoms with Crippen molar-refractivity contribution in [1.82, 2.24) is 15.0 Å². The van der Waals surface area contributed by atoms with Crippen LogP contribution in [0.3, 0.4) is 0 Å². The second kappa shape index (κ2) is 5.86. The highest BCUT2D eigenvalue weighted by Gasteiger charge is 2.30. The molecule has 0 saturated heterocycles. The minimum atomic E-state index is 0.109. The van der Waals surface area contributed by atoms with Crippen molar-refractivity contribution in [3.63, 3.8) is 0 Å². The lowest BCUT2D eigenvalue weighted by atomic mass is 10.2. The van der Waals surface area contributed by atoms with Gasteiger partial charge in [0.2, 0.25) is 0 Å². The molecule has 0 aliphatic carbocycles. The van der Waals surface area contributed by atoms with E-state index >= 15 is 0 Å². The summed E-state index contributed by atoms with van der Waals surface area (Å²) >= 11 is 1.46. The Kier molecular flexibility index (Phi) is 3.55. The maximum atomic E-state index is 10.3. The Hall–Kier alpha value is -3.06. The third kappa shape index (κ3) is 2.55. The van der Waals surface area contributed by atoms with E-state index in [4.69, 9.17) is 5.41 Å². The molecule has 0 atom stereocenters. The first-order chi connectivity index (χ1) is 11.7. The summed E-state index contributed by atoms with van der Waals surface area (Å²) in [6.45, 7) is 0.160. The van der Waals surface area contributed by atoms with E-state index in [1.807, 2.05) is 42.5 Å². The molecule has 118 valence electrons. The highest BCUT2D eigenvalue weighted by Crippen LogP contribution is 2.33. The normalized spacial score (nSPS) is 15.2. The van der Waals surface area contributed by atoms with Crippen molar-refractivity contribution < 1.29 is 5.11 Å². The zero-order valence-electron chi connectivity index (χ0n) is 12.5. The number of hydrogen-bond donors (Lipinski definition) is 2. The first-order valence-corrected chi connectivity index (χ1v) is 8.13. The Morgan fingerprint density at radius 1 is 1.21 bits per heavy atom. The van der Waals surface area contributed by atoms with Crippen molar-refractivity contribution in [2.24, 2.45) is 5.10 Å². The van der Waals surface area contributed by atoms with Crippen LogP contribution in [0.5, 0.6) is 0 Å². The van der Waals surface area contributed by atoms with E-state index in [0.29, 0.717) is 16.3 Å². The van der Waals surface area contributed by atoms with Crippen LogP contribution in [0.15, 0.2) is 59.5 Å². The van der Waals surface area contributed by atoms with Crippen molar-refractivity contribution in [1.29, 1.82) is 5.41 Å². The highest BCUT2D eigenvalue weighted by atomic mass is 32.1. The van der Waals surface area contributed by atoms with Gasteiger partial charge in [0.15, 0.2) is 5.84 Å². The van der Waals surface area contributed by atoms with Crippen LogP contribution in [-0.2, 0) is 0 Å². The molecule has 2 aromatic heterocycles. The molecule has 6 nitrogen and oxygen atoms in total. The Morgan fingerprint density at radius 3 is 2.83 bits per heavy atom. The number of pyridine rings is 1. The van der Waals surface area contributed by atoms with Crippen molar-refractivity contribution in [2.75, 3.05) is 6.54 Å². The van der Waals surface area contributed by atoms with E-state index in [1.54, 1.807) is 12.4 Å². The number of nitrogens with zero attached hydrogens (tertiary/aromatic N) is 4. The maximum Gasteiger partial charge on any atom is 0.155 e. The summed E-state index contributed by atoms with van der Waals surface area (Å²) < 4.78 is 1.02. The molecule has 0 saturated carbocycles. The van der Waals surface area contributed by atoms with Crippen LogP contribution in [0.25, 0.3) is 15.8 Å². The first-order valence-electron chi connectivity index (χ1n) is 7.32. The predicted octanol–water partition coefficient (Wildman–Crippen LogP) is 3.29.